The maximum absolute atomic E-state index is 13.1. The molecule has 3 aromatic heterocycles. The number of nitrogens with zero attached hydrogens (tertiary/aromatic N) is 8. The molecule has 1 saturated carbocycles. The van der Waals surface area contributed by atoms with Crippen LogP contribution in [0.15, 0.2) is 24.5 Å². The second-order valence-corrected chi connectivity index (χ2v) is 7.03. The van der Waals surface area contributed by atoms with Crippen LogP contribution in [0.1, 0.15) is 30.3 Å². The van der Waals surface area contributed by atoms with Gasteiger partial charge in [0, 0.05) is 43.9 Å². The first kappa shape index (κ1) is 17.1. The van der Waals surface area contributed by atoms with Gasteiger partial charge in [-0.3, -0.25) is 0 Å². The predicted octanol–water partition coefficient (Wildman–Crippen LogP) is 2.14. The topological polar surface area (TPSA) is 75.3 Å². The van der Waals surface area contributed by atoms with Gasteiger partial charge >= 0.3 is 6.18 Å². The number of hydrogen-bond donors (Lipinski definition) is 0. The number of anilines is 2. The van der Waals surface area contributed by atoms with Gasteiger partial charge in [0.05, 0.1) is 0 Å². The Labute approximate surface area is 158 Å². The van der Waals surface area contributed by atoms with Crippen LogP contribution < -0.4 is 9.80 Å². The zero-order chi connectivity index (χ0) is 19.3. The van der Waals surface area contributed by atoms with E-state index in [1.54, 1.807) is 12.4 Å². The zero-order valence-corrected chi connectivity index (χ0v) is 14.8. The third-order valence-corrected chi connectivity index (χ3v) is 5.10. The summed E-state index contributed by atoms with van der Waals surface area (Å²) in [6.45, 7) is 2.67. The smallest absolute Gasteiger partial charge is 0.353 e. The summed E-state index contributed by atoms with van der Waals surface area (Å²) in [5, 5.41) is 10.9. The van der Waals surface area contributed by atoms with Crippen LogP contribution in [0.3, 0.4) is 0 Å². The molecule has 0 N–H and O–H groups in total. The molecule has 0 aromatic carbocycles. The molecule has 0 radical (unpaired) electrons. The van der Waals surface area contributed by atoms with Crippen LogP contribution >= 0.6 is 0 Å². The van der Waals surface area contributed by atoms with E-state index in [1.807, 2.05) is 11.0 Å². The van der Waals surface area contributed by atoms with Gasteiger partial charge in [0.15, 0.2) is 5.65 Å². The van der Waals surface area contributed by atoms with E-state index < -0.39 is 12.0 Å². The fourth-order valence-electron chi connectivity index (χ4n) is 3.43. The maximum atomic E-state index is 13.1. The Morgan fingerprint density at radius 1 is 0.893 bits per heavy atom. The summed E-state index contributed by atoms with van der Waals surface area (Å²) in [4.78, 5) is 12.9. The van der Waals surface area contributed by atoms with Crippen molar-refractivity contribution >= 4 is 17.3 Å². The first-order valence-electron chi connectivity index (χ1n) is 9.10. The number of halogens is 3. The van der Waals surface area contributed by atoms with E-state index in [2.05, 4.69) is 30.2 Å². The van der Waals surface area contributed by atoms with Gasteiger partial charge in [-0.2, -0.15) is 17.7 Å². The van der Waals surface area contributed by atoms with Crippen molar-refractivity contribution in [2.75, 3.05) is 36.0 Å². The minimum atomic E-state index is -4.60. The van der Waals surface area contributed by atoms with Crippen LogP contribution in [0.2, 0.25) is 0 Å². The van der Waals surface area contributed by atoms with E-state index in [1.165, 1.54) is 18.9 Å². The van der Waals surface area contributed by atoms with Crippen LogP contribution in [0.4, 0.5) is 24.8 Å². The summed E-state index contributed by atoms with van der Waals surface area (Å²) in [7, 11) is 0. The summed E-state index contributed by atoms with van der Waals surface area (Å²) >= 11 is 0. The van der Waals surface area contributed by atoms with Crippen molar-refractivity contribution in [3.63, 3.8) is 0 Å². The molecule has 0 spiro atoms. The molecule has 0 unspecified atom stereocenters. The molecule has 11 heteroatoms. The Hall–Kier alpha value is -2.98. The molecule has 0 bridgehead atoms. The van der Waals surface area contributed by atoms with Gasteiger partial charge in [0.25, 0.3) is 5.82 Å². The SMILES string of the molecule is FC(F)(F)c1nnc2ccc(N3CCN(c4cc(C5CC5)ncn4)CC3)nn12. The molecule has 5 rings (SSSR count). The molecule has 0 amide bonds. The van der Waals surface area contributed by atoms with Crippen molar-refractivity contribution in [2.24, 2.45) is 0 Å². The number of alkyl halides is 3. The first-order chi connectivity index (χ1) is 13.5. The quantitative estimate of drug-likeness (QED) is 0.678. The van der Waals surface area contributed by atoms with Crippen LogP contribution in [-0.4, -0.2) is 56.0 Å². The summed E-state index contributed by atoms with van der Waals surface area (Å²) in [5.74, 6) is 0.819. The third-order valence-electron chi connectivity index (χ3n) is 5.10. The van der Waals surface area contributed by atoms with Gasteiger partial charge in [-0.15, -0.1) is 15.3 Å². The Balaban J connectivity index is 1.33. The second-order valence-electron chi connectivity index (χ2n) is 7.03. The van der Waals surface area contributed by atoms with Gasteiger partial charge in [-0.25, -0.2) is 9.97 Å². The summed E-state index contributed by atoms with van der Waals surface area (Å²) in [5.41, 5.74) is 1.16. The number of rotatable bonds is 3. The van der Waals surface area contributed by atoms with E-state index in [0.29, 0.717) is 37.9 Å². The molecule has 2 aliphatic rings. The molecule has 28 heavy (non-hydrogen) atoms. The molecule has 0 atom stereocenters. The lowest BCUT2D eigenvalue weighted by molar-refractivity contribution is -0.146. The van der Waals surface area contributed by atoms with Crippen molar-refractivity contribution in [3.05, 3.63) is 36.0 Å². The first-order valence-corrected chi connectivity index (χ1v) is 9.10. The third kappa shape index (κ3) is 3.10. The number of hydrogen-bond acceptors (Lipinski definition) is 7. The molecule has 3 aromatic rings. The molecular weight excluding hydrogens is 373 g/mol. The van der Waals surface area contributed by atoms with Crippen molar-refractivity contribution in [3.8, 4) is 0 Å². The molecule has 1 aliphatic carbocycles. The van der Waals surface area contributed by atoms with E-state index >= 15 is 0 Å². The second kappa shape index (κ2) is 6.28. The van der Waals surface area contributed by atoms with Gasteiger partial charge in [0.1, 0.15) is 18.0 Å². The Bertz CT molecular complexity index is 1010. The van der Waals surface area contributed by atoms with Gasteiger partial charge < -0.3 is 9.80 Å². The lowest BCUT2D eigenvalue weighted by Crippen LogP contribution is -2.47. The van der Waals surface area contributed by atoms with Gasteiger partial charge in [-0.05, 0) is 25.0 Å². The Morgan fingerprint density at radius 2 is 1.61 bits per heavy atom. The zero-order valence-electron chi connectivity index (χ0n) is 14.8. The highest BCUT2D eigenvalue weighted by Gasteiger charge is 2.38. The average Bonchev–Trinajstić information content (AvgIpc) is 3.46. The van der Waals surface area contributed by atoms with Gasteiger partial charge in [-0.1, -0.05) is 0 Å². The van der Waals surface area contributed by atoms with E-state index in [-0.39, 0.29) is 5.65 Å². The van der Waals surface area contributed by atoms with Gasteiger partial charge in [0.2, 0.25) is 0 Å². The van der Waals surface area contributed by atoms with Crippen LogP contribution in [0.25, 0.3) is 5.65 Å². The molecular formula is C17H17F3N8. The lowest BCUT2D eigenvalue weighted by atomic mass is 10.2. The Morgan fingerprint density at radius 3 is 2.29 bits per heavy atom. The van der Waals surface area contributed by atoms with E-state index in [9.17, 15) is 13.2 Å². The lowest BCUT2D eigenvalue weighted by Gasteiger charge is -2.36. The van der Waals surface area contributed by atoms with Crippen molar-refractivity contribution in [2.45, 2.75) is 24.9 Å². The van der Waals surface area contributed by atoms with Crippen molar-refractivity contribution in [1.82, 2.24) is 29.8 Å². The van der Waals surface area contributed by atoms with E-state index in [0.717, 1.165) is 16.0 Å². The minimum Gasteiger partial charge on any atom is -0.353 e. The Kier molecular flexibility index (Phi) is 3.84. The molecule has 146 valence electrons. The highest BCUT2D eigenvalue weighted by molar-refractivity contribution is 5.48. The van der Waals surface area contributed by atoms with Crippen LogP contribution in [0.5, 0.6) is 0 Å². The molecule has 8 nitrogen and oxygen atoms in total. The predicted molar refractivity (Wildman–Crippen MR) is 94.2 cm³/mol. The summed E-state index contributed by atoms with van der Waals surface area (Å²) in [6.07, 6.45) is -0.631. The molecule has 4 heterocycles. The highest BCUT2D eigenvalue weighted by atomic mass is 19.4. The molecule has 1 aliphatic heterocycles. The van der Waals surface area contributed by atoms with E-state index in [4.69, 9.17) is 0 Å². The van der Waals surface area contributed by atoms with Crippen LogP contribution in [-0.2, 0) is 6.18 Å². The van der Waals surface area contributed by atoms with Crippen molar-refractivity contribution < 1.29 is 13.2 Å². The minimum absolute atomic E-state index is 0.0725. The normalized spacial score (nSPS) is 18.1. The maximum Gasteiger partial charge on any atom is 0.453 e. The monoisotopic (exact) mass is 390 g/mol. The molecule has 1 saturated heterocycles. The largest absolute Gasteiger partial charge is 0.453 e. The van der Waals surface area contributed by atoms with Crippen molar-refractivity contribution in [1.29, 1.82) is 0 Å². The number of fused-ring (bicyclic) bond motifs is 1. The fourth-order valence-corrected chi connectivity index (χ4v) is 3.43. The number of aromatic nitrogens is 6. The summed E-state index contributed by atoms with van der Waals surface area (Å²) in [6, 6.07) is 5.23. The number of piperazine rings is 1. The standard InChI is InChI=1S/C17H17F3N8/c18-17(19,20)16-24-23-13-3-4-14(25-28(13)16)26-5-7-27(8-6-26)15-9-12(11-1-2-11)21-10-22-15/h3-4,9-11H,1-2,5-8H2. The fraction of sp³-hybridized carbons (Fsp3) is 0.471. The average molecular weight is 390 g/mol. The highest BCUT2D eigenvalue weighted by Crippen LogP contribution is 2.39. The van der Waals surface area contributed by atoms with Crippen LogP contribution in [0, 0.1) is 0 Å². The molecule has 2 fully saturated rings. The summed E-state index contributed by atoms with van der Waals surface area (Å²) < 4.78 is 39.9.